The molecule has 1 N–H and O–H groups in total. The quantitative estimate of drug-likeness (QED) is 0.651. The Balaban J connectivity index is 2.24. The summed E-state index contributed by atoms with van der Waals surface area (Å²) in [5.74, 6) is 0. The van der Waals surface area contributed by atoms with Gasteiger partial charge in [0.05, 0.1) is 11.2 Å². The fourth-order valence-corrected chi connectivity index (χ4v) is 1.82. The molecule has 0 radical (unpaired) electrons. The van der Waals surface area contributed by atoms with Gasteiger partial charge in [0, 0.05) is 5.69 Å². The van der Waals surface area contributed by atoms with E-state index < -0.39 is 7.12 Å². The van der Waals surface area contributed by atoms with Crippen molar-refractivity contribution in [3.63, 3.8) is 0 Å². The Morgan fingerprint density at radius 3 is 2.33 bits per heavy atom. The first-order valence-corrected chi connectivity index (χ1v) is 6.01. The number of nitrogens with one attached hydrogen (secondary N) is 1. The van der Waals surface area contributed by atoms with Gasteiger partial charge in [-0.1, -0.05) is 12.1 Å². The van der Waals surface area contributed by atoms with Crippen molar-refractivity contribution in [1.82, 2.24) is 0 Å². The summed E-state index contributed by atoms with van der Waals surface area (Å²) in [6, 6.07) is 7.48. The fraction of sp³-hybridized carbons (Fsp3) is 0.462. The van der Waals surface area contributed by atoms with Crippen LogP contribution < -0.4 is 10.8 Å². The van der Waals surface area contributed by atoms with E-state index in [9.17, 15) is 4.79 Å². The van der Waals surface area contributed by atoms with Gasteiger partial charge in [-0.05, 0) is 45.3 Å². The minimum Gasteiger partial charge on any atom is -0.399 e. The molecule has 0 aromatic heterocycles. The summed E-state index contributed by atoms with van der Waals surface area (Å²) in [5.41, 5.74) is 0.926. The first kappa shape index (κ1) is 13.1. The summed E-state index contributed by atoms with van der Waals surface area (Å²) in [4.78, 5) is 10.4. The molecule has 0 saturated carbocycles. The number of carbonyl (C=O) groups excluding carboxylic acids is 1. The van der Waals surface area contributed by atoms with Gasteiger partial charge >= 0.3 is 7.12 Å². The van der Waals surface area contributed by atoms with Crippen LogP contribution >= 0.6 is 0 Å². The van der Waals surface area contributed by atoms with E-state index >= 15 is 0 Å². The van der Waals surface area contributed by atoms with E-state index in [0.29, 0.717) is 6.41 Å². The monoisotopic (exact) mass is 247 g/mol. The molecule has 0 atom stereocenters. The van der Waals surface area contributed by atoms with E-state index in [2.05, 4.69) is 5.32 Å². The SMILES string of the molecule is CC1(C)OB(c2cccc(NC=O)c2)OC1(C)C. The smallest absolute Gasteiger partial charge is 0.399 e. The standard InChI is InChI=1S/C13H18BNO3/c1-12(2)13(3,4)18-14(17-12)10-6-5-7-11(8-10)15-9-16/h5-9H,1-4H3,(H,15,16). The largest absolute Gasteiger partial charge is 0.494 e. The highest BCUT2D eigenvalue weighted by molar-refractivity contribution is 6.62. The third-order valence-electron chi connectivity index (χ3n) is 3.64. The Hall–Kier alpha value is -1.33. The molecule has 1 heterocycles. The summed E-state index contributed by atoms with van der Waals surface area (Å²) in [6.45, 7) is 8.06. The molecule has 0 aliphatic carbocycles. The molecule has 1 aromatic rings. The maximum Gasteiger partial charge on any atom is 0.494 e. The molecular weight excluding hydrogens is 229 g/mol. The van der Waals surface area contributed by atoms with Crippen LogP contribution in [-0.2, 0) is 14.1 Å². The van der Waals surface area contributed by atoms with Crippen LogP contribution in [0, 0.1) is 0 Å². The molecule has 5 heteroatoms. The van der Waals surface area contributed by atoms with E-state index in [-0.39, 0.29) is 11.2 Å². The molecule has 1 saturated heterocycles. The molecule has 1 aliphatic heterocycles. The zero-order chi connectivity index (χ0) is 13.4. The van der Waals surface area contributed by atoms with E-state index in [0.717, 1.165) is 11.2 Å². The van der Waals surface area contributed by atoms with Crippen molar-refractivity contribution in [3.05, 3.63) is 24.3 Å². The van der Waals surface area contributed by atoms with Crippen molar-refractivity contribution < 1.29 is 14.1 Å². The molecule has 1 amide bonds. The third kappa shape index (κ3) is 2.28. The highest BCUT2D eigenvalue weighted by atomic mass is 16.7. The zero-order valence-corrected chi connectivity index (χ0v) is 11.2. The number of amides is 1. The lowest BCUT2D eigenvalue weighted by atomic mass is 9.79. The summed E-state index contributed by atoms with van der Waals surface area (Å²) in [5, 5.41) is 2.62. The van der Waals surface area contributed by atoms with Crippen molar-refractivity contribution in [1.29, 1.82) is 0 Å². The van der Waals surface area contributed by atoms with Gasteiger partial charge in [0.25, 0.3) is 0 Å². The van der Waals surface area contributed by atoms with Crippen LogP contribution in [0.2, 0.25) is 0 Å². The average Bonchev–Trinajstić information content (AvgIpc) is 2.49. The summed E-state index contributed by atoms with van der Waals surface area (Å²) >= 11 is 0. The highest BCUT2D eigenvalue weighted by Gasteiger charge is 2.51. The Bertz CT molecular complexity index is 443. The second-order valence-electron chi connectivity index (χ2n) is 5.48. The number of hydrogen-bond donors (Lipinski definition) is 1. The summed E-state index contributed by atoms with van der Waals surface area (Å²) in [6.07, 6.45) is 0.656. The van der Waals surface area contributed by atoms with E-state index in [1.165, 1.54) is 0 Å². The zero-order valence-electron chi connectivity index (χ0n) is 11.2. The van der Waals surface area contributed by atoms with Crippen LogP contribution in [0.5, 0.6) is 0 Å². The fourth-order valence-electron chi connectivity index (χ4n) is 1.82. The van der Waals surface area contributed by atoms with Crippen molar-refractivity contribution in [2.24, 2.45) is 0 Å². The molecule has 18 heavy (non-hydrogen) atoms. The molecule has 96 valence electrons. The Kier molecular flexibility index (Phi) is 3.21. The normalized spacial score (nSPS) is 20.8. The molecule has 4 nitrogen and oxygen atoms in total. The van der Waals surface area contributed by atoms with Crippen LogP contribution in [0.25, 0.3) is 0 Å². The van der Waals surface area contributed by atoms with Crippen molar-refractivity contribution in [2.45, 2.75) is 38.9 Å². The minimum absolute atomic E-state index is 0.355. The molecule has 1 aromatic carbocycles. The Morgan fingerprint density at radius 2 is 1.78 bits per heavy atom. The molecule has 0 unspecified atom stereocenters. The second-order valence-corrected chi connectivity index (χ2v) is 5.48. The summed E-state index contributed by atoms with van der Waals surface area (Å²) in [7, 11) is -0.400. The van der Waals surface area contributed by atoms with Gasteiger partial charge in [-0.15, -0.1) is 0 Å². The van der Waals surface area contributed by atoms with E-state index in [1.54, 1.807) is 0 Å². The lowest BCUT2D eigenvalue weighted by Gasteiger charge is -2.32. The van der Waals surface area contributed by atoms with Gasteiger partial charge < -0.3 is 14.6 Å². The van der Waals surface area contributed by atoms with Crippen LogP contribution in [0.3, 0.4) is 0 Å². The first-order chi connectivity index (χ1) is 8.36. The van der Waals surface area contributed by atoms with Crippen LogP contribution in [0.4, 0.5) is 5.69 Å². The van der Waals surface area contributed by atoms with Gasteiger partial charge in [0.15, 0.2) is 0 Å². The number of benzene rings is 1. The van der Waals surface area contributed by atoms with Gasteiger partial charge in [0.2, 0.25) is 6.41 Å². The Labute approximate surface area is 108 Å². The topological polar surface area (TPSA) is 47.6 Å². The van der Waals surface area contributed by atoms with Crippen molar-refractivity contribution in [2.75, 3.05) is 5.32 Å². The van der Waals surface area contributed by atoms with Crippen LogP contribution in [0.15, 0.2) is 24.3 Å². The summed E-state index contributed by atoms with van der Waals surface area (Å²) < 4.78 is 11.9. The molecular formula is C13H18BNO3. The lowest BCUT2D eigenvalue weighted by molar-refractivity contribution is -0.105. The minimum atomic E-state index is -0.400. The van der Waals surface area contributed by atoms with Crippen molar-refractivity contribution >= 4 is 24.7 Å². The second kappa shape index (κ2) is 4.41. The number of carbonyl (C=O) groups is 1. The maximum absolute atomic E-state index is 10.4. The predicted octanol–water partition coefficient (Wildman–Crippen LogP) is 1.55. The highest BCUT2D eigenvalue weighted by Crippen LogP contribution is 2.36. The first-order valence-electron chi connectivity index (χ1n) is 6.01. The van der Waals surface area contributed by atoms with Gasteiger partial charge in [-0.3, -0.25) is 4.79 Å². The Morgan fingerprint density at radius 1 is 1.17 bits per heavy atom. The van der Waals surface area contributed by atoms with Crippen LogP contribution in [-0.4, -0.2) is 24.7 Å². The maximum atomic E-state index is 10.4. The van der Waals surface area contributed by atoms with E-state index in [4.69, 9.17) is 9.31 Å². The van der Waals surface area contributed by atoms with Crippen LogP contribution in [0.1, 0.15) is 27.7 Å². The molecule has 0 spiro atoms. The molecule has 2 rings (SSSR count). The number of anilines is 1. The molecule has 1 aliphatic rings. The number of rotatable bonds is 3. The van der Waals surface area contributed by atoms with E-state index in [1.807, 2.05) is 52.0 Å². The van der Waals surface area contributed by atoms with Gasteiger partial charge in [-0.25, -0.2) is 0 Å². The van der Waals surface area contributed by atoms with Gasteiger partial charge in [0.1, 0.15) is 0 Å². The van der Waals surface area contributed by atoms with Gasteiger partial charge in [-0.2, -0.15) is 0 Å². The molecule has 1 fully saturated rings. The number of hydrogen-bond acceptors (Lipinski definition) is 3. The predicted molar refractivity (Wildman–Crippen MR) is 71.8 cm³/mol. The molecule has 0 bridgehead atoms. The third-order valence-corrected chi connectivity index (χ3v) is 3.64. The lowest BCUT2D eigenvalue weighted by Crippen LogP contribution is -2.41. The average molecular weight is 247 g/mol. The van der Waals surface area contributed by atoms with Crippen molar-refractivity contribution in [3.8, 4) is 0 Å².